The molecular formula is C10H10N2O2S. The molecule has 0 radical (unpaired) electrons. The average molecular weight is 222 g/mol. The molecule has 2 rings (SSSR count). The third-order valence-electron chi connectivity index (χ3n) is 2.01. The van der Waals surface area contributed by atoms with E-state index in [4.69, 9.17) is 5.11 Å². The molecule has 5 heteroatoms. The highest BCUT2D eigenvalue weighted by molar-refractivity contribution is 7.13. The second-order valence-electron chi connectivity index (χ2n) is 3.10. The number of fused-ring (bicyclic) bond motifs is 1. The van der Waals surface area contributed by atoms with E-state index in [2.05, 4.69) is 9.69 Å². The molecule has 1 aromatic carbocycles. The third kappa shape index (κ3) is 2.24. The van der Waals surface area contributed by atoms with Crippen LogP contribution in [-0.2, 0) is 4.79 Å². The van der Waals surface area contributed by atoms with Gasteiger partial charge < -0.3 is 10.4 Å². The molecular weight excluding hydrogens is 212 g/mol. The molecule has 0 atom stereocenters. The standard InChI is InChI=1S/C10H10N2O2S/c13-9(14)5-6-11-10-7-3-1-2-4-8(7)15-12-10/h1-4H,5-6H2,(H,11,12)(H,13,14). The SMILES string of the molecule is O=C(O)CCNc1nsc2ccccc12. The van der Waals surface area contributed by atoms with Crippen molar-refractivity contribution in [1.29, 1.82) is 0 Å². The van der Waals surface area contributed by atoms with Gasteiger partial charge >= 0.3 is 5.97 Å². The Kier molecular flexibility index (Phi) is 2.82. The minimum atomic E-state index is -0.804. The zero-order valence-electron chi connectivity index (χ0n) is 7.93. The summed E-state index contributed by atoms with van der Waals surface area (Å²) in [5.41, 5.74) is 0. The molecule has 1 aromatic heterocycles. The minimum absolute atomic E-state index is 0.103. The van der Waals surface area contributed by atoms with E-state index in [9.17, 15) is 4.79 Å². The van der Waals surface area contributed by atoms with Gasteiger partial charge in [-0.3, -0.25) is 4.79 Å². The van der Waals surface area contributed by atoms with Crippen LogP contribution in [0.4, 0.5) is 5.82 Å². The Morgan fingerprint density at radius 3 is 3.07 bits per heavy atom. The molecule has 2 aromatic rings. The number of nitrogens with one attached hydrogen (secondary N) is 1. The van der Waals surface area contributed by atoms with Crippen LogP contribution in [0.25, 0.3) is 10.1 Å². The number of rotatable bonds is 4. The zero-order valence-corrected chi connectivity index (χ0v) is 8.75. The quantitative estimate of drug-likeness (QED) is 0.832. The second kappa shape index (κ2) is 4.27. The van der Waals surface area contributed by atoms with Gasteiger partial charge in [0, 0.05) is 11.9 Å². The number of aliphatic carboxylic acids is 1. The summed E-state index contributed by atoms with van der Waals surface area (Å²) in [5.74, 6) is -0.0288. The molecule has 0 saturated heterocycles. The Balaban J connectivity index is 2.11. The van der Waals surface area contributed by atoms with Crippen molar-refractivity contribution in [3.8, 4) is 0 Å². The predicted molar refractivity (Wildman–Crippen MR) is 60.4 cm³/mol. The lowest BCUT2D eigenvalue weighted by Gasteiger charge is -2.00. The van der Waals surface area contributed by atoms with Gasteiger partial charge in [0.1, 0.15) is 5.82 Å². The largest absolute Gasteiger partial charge is 0.481 e. The highest BCUT2D eigenvalue weighted by atomic mass is 32.1. The maximum atomic E-state index is 10.3. The third-order valence-corrected chi connectivity index (χ3v) is 2.84. The lowest BCUT2D eigenvalue weighted by molar-refractivity contribution is -0.136. The summed E-state index contributed by atoms with van der Waals surface area (Å²) in [6.45, 7) is 0.406. The lowest BCUT2D eigenvalue weighted by Crippen LogP contribution is -2.07. The maximum Gasteiger partial charge on any atom is 0.305 e. The Morgan fingerprint density at radius 2 is 2.27 bits per heavy atom. The van der Waals surface area contributed by atoms with Crippen LogP contribution in [0, 0.1) is 0 Å². The first-order chi connectivity index (χ1) is 7.27. The second-order valence-corrected chi connectivity index (χ2v) is 3.90. The van der Waals surface area contributed by atoms with Gasteiger partial charge in [-0.05, 0) is 23.7 Å². The Labute approximate surface area is 90.7 Å². The molecule has 0 aliphatic rings. The molecule has 78 valence electrons. The normalized spacial score (nSPS) is 10.4. The number of carbonyl (C=O) groups is 1. The van der Waals surface area contributed by atoms with Crippen LogP contribution in [0.1, 0.15) is 6.42 Å². The summed E-state index contributed by atoms with van der Waals surface area (Å²) in [5, 5.41) is 12.6. The Morgan fingerprint density at radius 1 is 1.47 bits per heavy atom. The van der Waals surface area contributed by atoms with Crippen molar-refractivity contribution in [3.05, 3.63) is 24.3 Å². The molecule has 2 N–H and O–H groups in total. The van der Waals surface area contributed by atoms with E-state index >= 15 is 0 Å². The molecule has 0 aliphatic heterocycles. The molecule has 0 aliphatic carbocycles. The van der Waals surface area contributed by atoms with Crippen molar-refractivity contribution in [2.24, 2.45) is 0 Å². The van der Waals surface area contributed by atoms with E-state index in [0.29, 0.717) is 6.54 Å². The van der Waals surface area contributed by atoms with E-state index in [1.807, 2.05) is 24.3 Å². The van der Waals surface area contributed by atoms with Crippen LogP contribution in [0.3, 0.4) is 0 Å². The molecule has 0 spiro atoms. The van der Waals surface area contributed by atoms with Crippen LogP contribution in [0.15, 0.2) is 24.3 Å². The first kappa shape index (κ1) is 9.92. The van der Waals surface area contributed by atoms with E-state index in [-0.39, 0.29) is 6.42 Å². The molecule has 0 bridgehead atoms. The summed E-state index contributed by atoms with van der Waals surface area (Å²) in [6.07, 6.45) is 0.103. The predicted octanol–water partition coefficient (Wildman–Crippen LogP) is 2.18. The fourth-order valence-corrected chi connectivity index (χ4v) is 2.06. The fraction of sp³-hybridized carbons (Fsp3) is 0.200. The topological polar surface area (TPSA) is 62.2 Å². The number of hydrogen-bond acceptors (Lipinski definition) is 4. The van der Waals surface area contributed by atoms with Gasteiger partial charge in [0.25, 0.3) is 0 Å². The Bertz CT molecular complexity index is 481. The van der Waals surface area contributed by atoms with Gasteiger partial charge in [0.15, 0.2) is 0 Å². The van der Waals surface area contributed by atoms with Crippen LogP contribution < -0.4 is 5.32 Å². The molecule has 4 nitrogen and oxygen atoms in total. The number of benzene rings is 1. The number of hydrogen-bond donors (Lipinski definition) is 2. The van der Waals surface area contributed by atoms with Gasteiger partial charge in [-0.1, -0.05) is 12.1 Å². The van der Waals surface area contributed by atoms with E-state index in [0.717, 1.165) is 15.9 Å². The molecule has 0 amide bonds. The molecule has 0 fully saturated rings. The van der Waals surface area contributed by atoms with Crippen molar-refractivity contribution < 1.29 is 9.90 Å². The highest BCUT2D eigenvalue weighted by Gasteiger charge is 2.04. The minimum Gasteiger partial charge on any atom is -0.481 e. The van der Waals surface area contributed by atoms with E-state index in [1.165, 1.54) is 11.5 Å². The maximum absolute atomic E-state index is 10.3. The number of carboxylic acid groups (broad SMARTS) is 1. The number of aromatic nitrogens is 1. The number of carboxylic acids is 1. The van der Waals surface area contributed by atoms with Crippen LogP contribution in [-0.4, -0.2) is 22.0 Å². The summed E-state index contributed by atoms with van der Waals surface area (Å²) >= 11 is 1.41. The van der Waals surface area contributed by atoms with Gasteiger partial charge in [-0.25, -0.2) is 0 Å². The van der Waals surface area contributed by atoms with E-state index in [1.54, 1.807) is 0 Å². The van der Waals surface area contributed by atoms with Crippen molar-refractivity contribution in [2.75, 3.05) is 11.9 Å². The van der Waals surface area contributed by atoms with Gasteiger partial charge in [0.05, 0.1) is 11.1 Å². The highest BCUT2D eigenvalue weighted by Crippen LogP contribution is 2.25. The van der Waals surface area contributed by atoms with Crippen LogP contribution in [0.2, 0.25) is 0 Å². The number of nitrogens with zero attached hydrogens (tertiary/aromatic N) is 1. The summed E-state index contributed by atoms with van der Waals surface area (Å²) < 4.78 is 5.34. The van der Waals surface area contributed by atoms with Gasteiger partial charge in [-0.2, -0.15) is 4.37 Å². The van der Waals surface area contributed by atoms with Crippen LogP contribution >= 0.6 is 11.5 Å². The van der Waals surface area contributed by atoms with Gasteiger partial charge in [0.2, 0.25) is 0 Å². The Hall–Kier alpha value is -1.62. The smallest absolute Gasteiger partial charge is 0.305 e. The molecule has 0 unspecified atom stereocenters. The molecule has 1 heterocycles. The van der Waals surface area contributed by atoms with E-state index < -0.39 is 5.97 Å². The van der Waals surface area contributed by atoms with Crippen LogP contribution in [0.5, 0.6) is 0 Å². The first-order valence-electron chi connectivity index (χ1n) is 4.57. The summed E-state index contributed by atoms with van der Waals surface area (Å²) in [7, 11) is 0. The average Bonchev–Trinajstić information content (AvgIpc) is 2.62. The molecule has 0 saturated carbocycles. The summed E-state index contributed by atoms with van der Waals surface area (Å²) in [4.78, 5) is 10.3. The van der Waals surface area contributed by atoms with Gasteiger partial charge in [-0.15, -0.1) is 0 Å². The zero-order chi connectivity index (χ0) is 10.7. The fourth-order valence-electron chi connectivity index (χ4n) is 1.30. The summed E-state index contributed by atoms with van der Waals surface area (Å²) in [6, 6.07) is 7.87. The molecule has 15 heavy (non-hydrogen) atoms. The van der Waals surface area contributed by atoms with Crippen molar-refractivity contribution in [3.63, 3.8) is 0 Å². The first-order valence-corrected chi connectivity index (χ1v) is 5.35. The van der Waals surface area contributed by atoms with Crippen molar-refractivity contribution >= 4 is 33.4 Å². The van der Waals surface area contributed by atoms with Crippen molar-refractivity contribution in [2.45, 2.75) is 6.42 Å². The number of anilines is 1. The lowest BCUT2D eigenvalue weighted by atomic mass is 10.2. The monoisotopic (exact) mass is 222 g/mol. The van der Waals surface area contributed by atoms with Crippen molar-refractivity contribution in [1.82, 2.24) is 4.37 Å².